The van der Waals surface area contributed by atoms with Crippen LogP contribution in [0.15, 0.2) is 63.1 Å². The predicted octanol–water partition coefficient (Wildman–Crippen LogP) is 3.65. The van der Waals surface area contributed by atoms with Crippen molar-refractivity contribution in [2.24, 2.45) is 0 Å². The summed E-state index contributed by atoms with van der Waals surface area (Å²) in [5.41, 5.74) is 1.27. The predicted molar refractivity (Wildman–Crippen MR) is 125 cm³/mol. The van der Waals surface area contributed by atoms with E-state index in [0.29, 0.717) is 24.7 Å². The number of nitrogens with zero attached hydrogens (tertiary/aromatic N) is 3. The fourth-order valence-electron chi connectivity index (χ4n) is 3.41. The fraction of sp³-hybridized carbons (Fsp3) is 0.318. The second-order valence-electron chi connectivity index (χ2n) is 7.43. The molecule has 1 amide bonds. The maximum absolute atomic E-state index is 12.7. The molecule has 1 aromatic heterocycles. The van der Waals surface area contributed by atoms with Gasteiger partial charge >= 0.3 is 0 Å². The Balaban J connectivity index is 1.30. The number of carbonyl (C=O) groups excluding carboxylic acids is 1. The Morgan fingerprint density at radius 3 is 2.42 bits per heavy atom. The molecule has 2 heterocycles. The molecule has 0 saturated carbocycles. The van der Waals surface area contributed by atoms with Crippen LogP contribution in [0.25, 0.3) is 11.5 Å². The van der Waals surface area contributed by atoms with E-state index in [9.17, 15) is 13.2 Å². The van der Waals surface area contributed by atoms with Gasteiger partial charge in [0.05, 0.1) is 17.8 Å². The number of benzene rings is 2. The number of piperidine rings is 1. The summed E-state index contributed by atoms with van der Waals surface area (Å²) >= 11 is 1.12. The lowest BCUT2D eigenvalue weighted by Gasteiger charge is -2.25. The number of aromatic nitrogens is 2. The molecule has 1 aliphatic heterocycles. The van der Waals surface area contributed by atoms with Crippen molar-refractivity contribution >= 4 is 33.4 Å². The lowest BCUT2D eigenvalue weighted by atomic mass is 10.2. The zero-order valence-electron chi connectivity index (χ0n) is 18.1. The van der Waals surface area contributed by atoms with Crippen LogP contribution in [-0.2, 0) is 14.8 Å². The van der Waals surface area contributed by atoms with E-state index in [1.165, 1.54) is 16.4 Å². The van der Waals surface area contributed by atoms with E-state index in [0.717, 1.165) is 42.3 Å². The molecule has 174 valence electrons. The lowest BCUT2D eigenvalue weighted by Crippen LogP contribution is -2.35. The van der Waals surface area contributed by atoms with Gasteiger partial charge in [-0.3, -0.25) is 4.79 Å². The fourth-order valence-corrected chi connectivity index (χ4v) is 5.49. The van der Waals surface area contributed by atoms with Crippen LogP contribution < -0.4 is 10.1 Å². The van der Waals surface area contributed by atoms with Crippen LogP contribution in [0, 0.1) is 0 Å². The first-order valence-electron chi connectivity index (χ1n) is 10.5. The van der Waals surface area contributed by atoms with Crippen molar-refractivity contribution in [1.29, 1.82) is 0 Å². The number of thioether (sulfide) groups is 1. The van der Waals surface area contributed by atoms with Crippen molar-refractivity contribution in [3.63, 3.8) is 0 Å². The Morgan fingerprint density at radius 2 is 1.76 bits per heavy atom. The van der Waals surface area contributed by atoms with E-state index in [1.54, 1.807) is 31.4 Å². The summed E-state index contributed by atoms with van der Waals surface area (Å²) in [5, 5.41) is 11.0. The summed E-state index contributed by atoms with van der Waals surface area (Å²) in [5.74, 6) is 0.876. The quantitative estimate of drug-likeness (QED) is 0.478. The van der Waals surface area contributed by atoms with Crippen LogP contribution in [0.3, 0.4) is 0 Å². The molecule has 33 heavy (non-hydrogen) atoms. The molecule has 3 aromatic rings. The number of rotatable bonds is 8. The Labute approximate surface area is 196 Å². The van der Waals surface area contributed by atoms with Gasteiger partial charge in [-0.25, -0.2) is 8.42 Å². The Hall–Kier alpha value is -2.89. The SMILES string of the molecule is COc1ccc(-c2nnc(SCC(=O)Nc3ccc(S(=O)(=O)N4CCCCC4)cc3)o2)cc1. The van der Waals surface area contributed by atoms with Gasteiger partial charge < -0.3 is 14.5 Å². The van der Waals surface area contributed by atoms with Gasteiger partial charge in [0.1, 0.15) is 5.75 Å². The minimum Gasteiger partial charge on any atom is -0.497 e. The smallest absolute Gasteiger partial charge is 0.277 e. The van der Waals surface area contributed by atoms with Crippen LogP contribution in [0.4, 0.5) is 5.69 Å². The first-order chi connectivity index (χ1) is 16.0. The number of sulfonamides is 1. The Bertz CT molecular complexity index is 1190. The highest BCUT2D eigenvalue weighted by atomic mass is 32.2. The third kappa shape index (κ3) is 5.73. The molecule has 0 atom stereocenters. The highest BCUT2D eigenvalue weighted by molar-refractivity contribution is 7.99. The van der Waals surface area contributed by atoms with E-state index >= 15 is 0 Å². The summed E-state index contributed by atoms with van der Waals surface area (Å²) in [6.45, 7) is 1.10. The number of anilines is 1. The van der Waals surface area contributed by atoms with Crippen molar-refractivity contribution in [2.75, 3.05) is 31.3 Å². The topological polar surface area (TPSA) is 115 Å². The number of nitrogens with one attached hydrogen (secondary N) is 1. The number of hydrogen-bond donors (Lipinski definition) is 1. The molecule has 0 radical (unpaired) electrons. The molecule has 0 bridgehead atoms. The molecule has 11 heteroatoms. The first kappa shape index (κ1) is 23.3. The molecule has 4 rings (SSSR count). The van der Waals surface area contributed by atoms with E-state index in [-0.39, 0.29) is 21.8 Å². The summed E-state index contributed by atoms with van der Waals surface area (Å²) < 4.78 is 37.7. The van der Waals surface area contributed by atoms with Gasteiger partial charge in [0.25, 0.3) is 5.22 Å². The zero-order chi connectivity index (χ0) is 23.3. The van der Waals surface area contributed by atoms with Crippen molar-refractivity contribution in [3.8, 4) is 17.2 Å². The van der Waals surface area contributed by atoms with Crippen LogP contribution in [0.2, 0.25) is 0 Å². The molecule has 1 N–H and O–H groups in total. The van der Waals surface area contributed by atoms with Crippen LogP contribution in [-0.4, -0.2) is 54.8 Å². The van der Waals surface area contributed by atoms with E-state index in [4.69, 9.17) is 9.15 Å². The van der Waals surface area contributed by atoms with Crippen LogP contribution in [0.5, 0.6) is 5.75 Å². The zero-order valence-corrected chi connectivity index (χ0v) is 19.7. The number of amides is 1. The molecular formula is C22H24N4O5S2. The maximum Gasteiger partial charge on any atom is 0.277 e. The molecule has 1 aliphatic rings. The highest BCUT2D eigenvalue weighted by Crippen LogP contribution is 2.25. The van der Waals surface area contributed by atoms with Gasteiger partial charge in [-0.05, 0) is 61.4 Å². The third-order valence-electron chi connectivity index (χ3n) is 5.16. The number of ether oxygens (including phenoxy) is 1. The van der Waals surface area contributed by atoms with Crippen molar-refractivity contribution in [1.82, 2.24) is 14.5 Å². The minimum atomic E-state index is -3.50. The van der Waals surface area contributed by atoms with Gasteiger partial charge in [0.2, 0.25) is 21.8 Å². The largest absolute Gasteiger partial charge is 0.497 e. The first-order valence-corrected chi connectivity index (χ1v) is 12.9. The summed E-state index contributed by atoms with van der Waals surface area (Å²) in [6.07, 6.45) is 2.82. The molecule has 1 saturated heterocycles. The second-order valence-corrected chi connectivity index (χ2v) is 10.3. The van der Waals surface area contributed by atoms with Gasteiger partial charge in [0.15, 0.2) is 0 Å². The number of hydrogen-bond acceptors (Lipinski definition) is 8. The summed E-state index contributed by atoms with van der Waals surface area (Å²) in [6, 6.07) is 13.4. The molecule has 0 spiro atoms. The van der Waals surface area contributed by atoms with Crippen molar-refractivity contribution in [3.05, 3.63) is 48.5 Å². The molecule has 0 aliphatic carbocycles. The van der Waals surface area contributed by atoms with Gasteiger partial charge in [-0.15, -0.1) is 10.2 Å². The summed E-state index contributed by atoms with van der Waals surface area (Å²) in [7, 11) is -1.91. The average Bonchev–Trinajstić information content (AvgIpc) is 3.33. The van der Waals surface area contributed by atoms with Crippen LogP contribution >= 0.6 is 11.8 Å². The average molecular weight is 489 g/mol. The second kappa shape index (κ2) is 10.4. The number of carbonyl (C=O) groups is 1. The van der Waals surface area contributed by atoms with E-state index in [1.807, 2.05) is 12.1 Å². The van der Waals surface area contributed by atoms with Crippen molar-refractivity contribution in [2.45, 2.75) is 29.4 Å². The molecule has 9 nitrogen and oxygen atoms in total. The minimum absolute atomic E-state index is 0.0675. The third-order valence-corrected chi connectivity index (χ3v) is 7.89. The van der Waals surface area contributed by atoms with Gasteiger partial charge in [-0.1, -0.05) is 18.2 Å². The Morgan fingerprint density at radius 1 is 1.06 bits per heavy atom. The summed E-state index contributed by atoms with van der Waals surface area (Å²) in [4.78, 5) is 12.5. The van der Waals surface area contributed by atoms with Gasteiger partial charge in [-0.2, -0.15) is 4.31 Å². The lowest BCUT2D eigenvalue weighted by molar-refractivity contribution is -0.113. The van der Waals surface area contributed by atoms with Gasteiger partial charge in [0, 0.05) is 24.3 Å². The molecule has 1 fully saturated rings. The maximum atomic E-state index is 12.7. The normalized spacial score (nSPS) is 14.7. The molecule has 2 aromatic carbocycles. The molecular weight excluding hydrogens is 464 g/mol. The molecule has 0 unspecified atom stereocenters. The monoisotopic (exact) mass is 488 g/mol. The van der Waals surface area contributed by atoms with Crippen molar-refractivity contribution < 1.29 is 22.4 Å². The van der Waals surface area contributed by atoms with Crippen LogP contribution in [0.1, 0.15) is 19.3 Å². The number of methoxy groups -OCH3 is 1. The van der Waals surface area contributed by atoms with E-state index < -0.39 is 10.0 Å². The standard InChI is InChI=1S/C22H24N4O5S2/c1-30-18-9-5-16(6-10-18)21-24-25-22(31-21)32-15-20(27)23-17-7-11-19(12-8-17)33(28,29)26-13-3-2-4-14-26/h5-12H,2-4,13-15H2,1H3,(H,23,27). The highest BCUT2D eigenvalue weighted by Gasteiger charge is 2.25. The Kier molecular flexibility index (Phi) is 7.31. The van der Waals surface area contributed by atoms with E-state index in [2.05, 4.69) is 15.5 Å².